The van der Waals surface area contributed by atoms with E-state index >= 15 is 0 Å². The van der Waals surface area contributed by atoms with E-state index in [0.29, 0.717) is 6.42 Å². The van der Waals surface area contributed by atoms with Crippen molar-refractivity contribution in [3.8, 4) is 0 Å². The quantitative estimate of drug-likeness (QED) is 0.0420. The predicted octanol–water partition coefficient (Wildman–Crippen LogP) is 23.2. The highest BCUT2D eigenvalue weighted by atomic mass is 16.3. The van der Waals surface area contributed by atoms with Crippen molar-refractivity contribution in [2.45, 2.75) is 353 Å². The molecule has 0 aliphatic carbocycles. The summed E-state index contributed by atoms with van der Waals surface area (Å²) in [6, 6.07) is -0.645. The standard InChI is InChI=1S/C73H131NO3/c1-3-5-7-9-11-13-15-17-19-21-23-25-27-29-31-33-35-36-37-38-39-41-43-45-47-49-51-53-55-57-59-61-63-65-67-69-73(77)74-71(70-75)72(76)68-66-64-62-60-58-56-54-52-50-48-46-44-42-40-34-32-30-28-26-24-22-20-18-16-14-12-10-8-6-4-2/h5,7,11,13,17,19,23,25,29,31,35-36,58,60,66,68,71-72,75-76H,3-4,6,8-10,12,14-16,18,20-22,24,26-28,30,32-34,37-57,59,61-65,67,69-70H2,1-2H3,(H,74,77)/b7-5-,13-11-,19-17-,25-23-,31-29-,36-35-,60-58+,68-66+. The van der Waals surface area contributed by atoms with Crippen molar-refractivity contribution in [3.63, 3.8) is 0 Å². The molecule has 0 spiro atoms. The van der Waals surface area contributed by atoms with E-state index < -0.39 is 12.1 Å². The number of allylic oxidation sites excluding steroid dienone is 15. The monoisotopic (exact) mass is 1070 g/mol. The highest BCUT2D eigenvalue weighted by Crippen LogP contribution is 2.18. The number of carbonyl (C=O) groups excluding carboxylic acids is 1. The van der Waals surface area contributed by atoms with Crippen LogP contribution >= 0.6 is 0 Å². The number of aliphatic hydroxyl groups is 2. The van der Waals surface area contributed by atoms with E-state index in [-0.39, 0.29) is 12.5 Å². The number of amides is 1. The minimum atomic E-state index is -0.868. The lowest BCUT2D eigenvalue weighted by atomic mass is 10.0. The van der Waals surface area contributed by atoms with E-state index in [2.05, 4.69) is 104 Å². The van der Waals surface area contributed by atoms with Gasteiger partial charge < -0.3 is 15.5 Å². The van der Waals surface area contributed by atoms with Crippen LogP contribution in [0.4, 0.5) is 0 Å². The number of unbranched alkanes of at least 4 members (excludes halogenated alkanes) is 41. The summed E-state index contributed by atoms with van der Waals surface area (Å²) < 4.78 is 0. The number of hydrogen-bond donors (Lipinski definition) is 3. The summed E-state index contributed by atoms with van der Waals surface area (Å²) in [6.07, 6.45) is 101. The summed E-state index contributed by atoms with van der Waals surface area (Å²) in [5.41, 5.74) is 0. The molecule has 1 amide bonds. The van der Waals surface area contributed by atoms with Gasteiger partial charge in [-0.25, -0.2) is 0 Å². The Balaban J connectivity index is 3.51. The second-order valence-electron chi connectivity index (χ2n) is 22.9. The van der Waals surface area contributed by atoms with E-state index in [1.165, 1.54) is 250 Å². The van der Waals surface area contributed by atoms with Crippen molar-refractivity contribution in [1.29, 1.82) is 0 Å². The molecule has 0 saturated carbocycles. The normalized spacial score (nSPS) is 13.4. The summed E-state index contributed by atoms with van der Waals surface area (Å²) in [5.74, 6) is -0.0722. The molecule has 0 radical (unpaired) electrons. The zero-order valence-electron chi connectivity index (χ0n) is 51.5. The minimum absolute atomic E-state index is 0.0722. The molecular formula is C73H131NO3. The maximum absolute atomic E-state index is 12.5. The van der Waals surface area contributed by atoms with Gasteiger partial charge in [-0.1, -0.05) is 349 Å². The lowest BCUT2D eigenvalue weighted by molar-refractivity contribution is -0.123. The molecule has 0 aliphatic heterocycles. The predicted molar refractivity (Wildman–Crippen MR) is 345 cm³/mol. The second kappa shape index (κ2) is 67.6. The Bertz CT molecular complexity index is 1400. The first-order valence-corrected chi connectivity index (χ1v) is 34.0. The zero-order valence-corrected chi connectivity index (χ0v) is 51.5. The van der Waals surface area contributed by atoms with Crippen molar-refractivity contribution in [2.24, 2.45) is 0 Å². The van der Waals surface area contributed by atoms with E-state index in [1.54, 1.807) is 6.08 Å². The molecule has 2 atom stereocenters. The summed E-state index contributed by atoms with van der Waals surface area (Å²) >= 11 is 0. The average Bonchev–Trinajstić information content (AvgIpc) is 3.43. The number of nitrogens with one attached hydrogen (secondary N) is 1. The summed E-state index contributed by atoms with van der Waals surface area (Å²) in [5, 5.41) is 23.3. The molecule has 0 bridgehead atoms. The fraction of sp³-hybridized carbons (Fsp3) is 0.767. The van der Waals surface area contributed by atoms with Crippen LogP contribution in [0.25, 0.3) is 0 Å². The van der Waals surface area contributed by atoms with Crippen molar-refractivity contribution in [1.82, 2.24) is 5.32 Å². The molecule has 0 aliphatic rings. The van der Waals surface area contributed by atoms with E-state index in [0.717, 1.165) is 70.6 Å². The van der Waals surface area contributed by atoms with Crippen LogP contribution in [0.1, 0.15) is 341 Å². The van der Waals surface area contributed by atoms with Gasteiger partial charge in [0.2, 0.25) is 5.91 Å². The molecule has 0 rings (SSSR count). The maximum atomic E-state index is 12.5. The third-order valence-corrected chi connectivity index (χ3v) is 15.3. The molecule has 0 fully saturated rings. The lowest BCUT2D eigenvalue weighted by Crippen LogP contribution is -2.45. The van der Waals surface area contributed by atoms with Crippen LogP contribution in [0.5, 0.6) is 0 Å². The topological polar surface area (TPSA) is 69.6 Å². The molecule has 4 nitrogen and oxygen atoms in total. The Kier molecular flexibility index (Phi) is 65.2. The van der Waals surface area contributed by atoms with Gasteiger partial charge in [0.1, 0.15) is 0 Å². The highest BCUT2D eigenvalue weighted by Gasteiger charge is 2.18. The van der Waals surface area contributed by atoms with Gasteiger partial charge in [0.05, 0.1) is 18.8 Å². The Morgan fingerprint density at radius 2 is 0.584 bits per heavy atom. The molecule has 4 heteroatoms. The van der Waals surface area contributed by atoms with Gasteiger partial charge in [-0.05, 0) is 83.5 Å². The summed E-state index contributed by atoms with van der Waals surface area (Å²) in [4.78, 5) is 12.5. The van der Waals surface area contributed by atoms with Crippen molar-refractivity contribution >= 4 is 5.91 Å². The van der Waals surface area contributed by atoms with Crippen LogP contribution in [0.2, 0.25) is 0 Å². The first-order valence-electron chi connectivity index (χ1n) is 34.0. The number of hydrogen-bond acceptors (Lipinski definition) is 3. The van der Waals surface area contributed by atoms with Crippen molar-refractivity contribution in [2.75, 3.05) is 6.61 Å². The van der Waals surface area contributed by atoms with Gasteiger partial charge in [-0.15, -0.1) is 0 Å². The zero-order chi connectivity index (χ0) is 55.5. The summed E-state index contributed by atoms with van der Waals surface area (Å²) in [7, 11) is 0. The molecule has 77 heavy (non-hydrogen) atoms. The first-order chi connectivity index (χ1) is 38.2. The van der Waals surface area contributed by atoms with Crippen molar-refractivity contribution < 1.29 is 15.0 Å². The van der Waals surface area contributed by atoms with Crippen LogP contribution in [-0.4, -0.2) is 34.9 Å². The minimum Gasteiger partial charge on any atom is -0.394 e. The van der Waals surface area contributed by atoms with Gasteiger partial charge >= 0.3 is 0 Å². The molecule has 0 heterocycles. The number of rotatable bonds is 62. The van der Waals surface area contributed by atoms with Crippen LogP contribution in [0.15, 0.2) is 97.2 Å². The Morgan fingerprint density at radius 1 is 0.325 bits per heavy atom. The molecule has 2 unspecified atom stereocenters. The molecular weight excluding hydrogens is 939 g/mol. The fourth-order valence-corrected chi connectivity index (χ4v) is 10.2. The first kappa shape index (κ1) is 74.3. The van der Waals surface area contributed by atoms with Gasteiger partial charge in [0.15, 0.2) is 0 Å². The molecule has 3 N–H and O–H groups in total. The molecule has 0 aromatic heterocycles. The van der Waals surface area contributed by atoms with Crippen LogP contribution in [-0.2, 0) is 4.79 Å². The van der Waals surface area contributed by atoms with Crippen LogP contribution in [0.3, 0.4) is 0 Å². The van der Waals surface area contributed by atoms with Crippen LogP contribution in [0, 0.1) is 0 Å². The van der Waals surface area contributed by atoms with E-state index in [4.69, 9.17) is 0 Å². The second-order valence-corrected chi connectivity index (χ2v) is 22.9. The molecule has 0 aromatic carbocycles. The lowest BCUT2D eigenvalue weighted by Gasteiger charge is -2.19. The maximum Gasteiger partial charge on any atom is 0.220 e. The highest BCUT2D eigenvalue weighted by molar-refractivity contribution is 5.76. The van der Waals surface area contributed by atoms with Gasteiger partial charge in [0, 0.05) is 6.42 Å². The fourth-order valence-electron chi connectivity index (χ4n) is 10.2. The van der Waals surface area contributed by atoms with Gasteiger partial charge in [-0.2, -0.15) is 0 Å². The molecule has 0 saturated heterocycles. The largest absolute Gasteiger partial charge is 0.394 e. The Hall–Kier alpha value is -2.69. The molecule has 446 valence electrons. The number of aliphatic hydroxyl groups excluding tert-OH is 2. The van der Waals surface area contributed by atoms with Crippen molar-refractivity contribution in [3.05, 3.63) is 97.2 Å². The third-order valence-electron chi connectivity index (χ3n) is 15.3. The van der Waals surface area contributed by atoms with E-state index in [1.807, 2.05) is 6.08 Å². The van der Waals surface area contributed by atoms with Gasteiger partial charge in [-0.3, -0.25) is 4.79 Å². The molecule has 0 aromatic rings. The smallest absolute Gasteiger partial charge is 0.220 e. The third kappa shape index (κ3) is 64.0. The Morgan fingerprint density at radius 3 is 0.909 bits per heavy atom. The van der Waals surface area contributed by atoms with Crippen LogP contribution < -0.4 is 5.32 Å². The SMILES string of the molecule is CC/C=C\C/C=C\C/C=C\C/C=C\C/C=C\C/C=C\CCCCCCCCCCCCCCCCCCC(=O)NC(CO)C(O)/C=C/CC/C=C/CCCCCCCCCCCCCCCCCCCCCCCCCC. The average molecular weight is 1070 g/mol. The van der Waals surface area contributed by atoms with Gasteiger partial charge in [0.25, 0.3) is 0 Å². The summed E-state index contributed by atoms with van der Waals surface area (Å²) in [6.45, 7) is 4.21. The number of carbonyl (C=O) groups is 1. The Labute approximate surface area is 481 Å². The van der Waals surface area contributed by atoms with E-state index in [9.17, 15) is 15.0 Å².